The molecule has 0 aromatic carbocycles. The number of aliphatic hydroxyl groups excluding tert-OH is 1. The molecule has 13 heteroatoms. The zero-order chi connectivity index (χ0) is 30.4. The van der Waals surface area contributed by atoms with E-state index in [-0.39, 0.29) is 28.8 Å². The van der Waals surface area contributed by atoms with Crippen LogP contribution in [0.3, 0.4) is 0 Å². The Kier molecular flexibility index (Phi) is 9.82. The molecule has 2 aliphatic rings. The molecule has 0 bridgehead atoms. The van der Waals surface area contributed by atoms with Crippen LogP contribution in [0, 0.1) is 5.41 Å². The van der Waals surface area contributed by atoms with E-state index in [2.05, 4.69) is 55.4 Å². The molecule has 2 fully saturated rings. The molecule has 0 spiro atoms. The van der Waals surface area contributed by atoms with E-state index in [0.29, 0.717) is 0 Å². The molecular formula is C27H48N2O9Si2. The summed E-state index contributed by atoms with van der Waals surface area (Å²) in [7, 11) is -5.84. The fourth-order valence-corrected chi connectivity index (χ4v) is 16.8. The lowest BCUT2D eigenvalue weighted by Crippen LogP contribution is -2.65. The van der Waals surface area contributed by atoms with Crippen molar-refractivity contribution in [2.24, 2.45) is 5.41 Å². The van der Waals surface area contributed by atoms with Crippen molar-refractivity contribution in [3.63, 3.8) is 0 Å². The first-order valence-electron chi connectivity index (χ1n) is 14.2. The van der Waals surface area contributed by atoms with Crippen LogP contribution in [-0.4, -0.2) is 62.3 Å². The van der Waals surface area contributed by atoms with Crippen molar-refractivity contribution in [3.05, 3.63) is 33.1 Å². The molecule has 0 aliphatic carbocycles. The third-order valence-corrected chi connectivity index (χ3v) is 18.2. The molecule has 0 amide bonds. The van der Waals surface area contributed by atoms with E-state index in [1.165, 1.54) is 12.3 Å². The highest BCUT2D eigenvalue weighted by molar-refractivity contribution is 6.84. The van der Waals surface area contributed by atoms with Gasteiger partial charge in [0, 0.05) is 12.3 Å². The van der Waals surface area contributed by atoms with E-state index in [4.69, 9.17) is 22.4 Å². The number of hydrogen-bond acceptors (Lipinski definition) is 9. The van der Waals surface area contributed by atoms with Crippen LogP contribution in [0.15, 0.2) is 21.9 Å². The van der Waals surface area contributed by atoms with E-state index in [1.807, 2.05) is 0 Å². The minimum absolute atomic E-state index is 0.0487. The van der Waals surface area contributed by atoms with Crippen molar-refractivity contribution < 1.29 is 32.3 Å². The second kappa shape index (κ2) is 11.9. The molecule has 1 aromatic heterocycles. The lowest BCUT2D eigenvalue weighted by Gasteiger charge is -2.51. The van der Waals surface area contributed by atoms with Crippen molar-refractivity contribution in [2.45, 2.75) is 130 Å². The average Bonchev–Trinajstić information content (AvgIpc) is 3.11. The second-order valence-corrected chi connectivity index (χ2v) is 22.0. The summed E-state index contributed by atoms with van der Waals surface area (Å²) in [5.74, 6) is -0.554. The molecule has 40 heavy (non-hydrogen) atoms. The van der Waals surface area contributed by atoms with Gasteiger partial charge in [0.15, 0.2) is 13.0 Å². The highest BCUT2D eigenvalue weighted by atomic mass is 28.5. The number of nitrogens with zero attached hydrogens (tertiary/aromatic N) is 2. The van der Waals surface area contributed by atoms with E-state index >= 15 is 0 Å². The SMILES string of the molecule is CC(C)[Si]1(C(C)C)OC[C@H]2O[C@@H](n3ccc(=O)n(COC(=O)C(C)(C)C)c3=O)[C@@H](O)C2O[Si](C(C)C)(C(C)C)O1. The summed E-state index contributed by atoms with van der Waals surface area (Å²) in [5, 5.41) is 11.5. The summed E-state index contributed by atoms with van der Waals surface area (Å²) in [6.07, 6.45) is -2.57. The summed E-state index contributed by atoms with van der Waals surface area (Å²) in [6.45, 7) is 21.4. The standard InChI is InChI=1S/C27H48N2O9Si2/c1-16(2)39(17(3)4)35-14-20-23(37-40(38-39,18(5)6)19(7)8)22(31)24(36-20)28-13-12-21(30)29(26(28)33)15-34-25(32)27(9,10)11/h12-13,16-20,22-24,31H,14-15H2,1-11H3/t20-,22+,23?,24-/m1/s1. The van der Waals surface area contributed by atoms with Crippen LogP contribution in [0.1, 0.15) is 82.4 Å². The number of carbonyl (C=O) groups is 1. The summed E-state index contributed by atoms with van der Waals surface area (Å²) < 4.78 is 34.2. The Hall–Kier alpha value is -1.62. The Bertz CT molecular complexity index is 1160. The highest BCUT2D eigenvalue weighted by Crippen LogP contribution is 2.48. The van der Waals surface area contributed by atoms with Crippen molar-refractivity contribution >= 4 is 23.1 Å². The normalized spacial score (nSPS) is 26.7. The smallest absolute Gasteiger partial charge is 0.335 e. The third-order valence-electron chi connectivity index (χ3n) is 7.95. The van der Waals surface area contributed by atoms with E-state index in [1.54, 1.807) is 20.8 Å². The predicted molar refractivity (Wildman–Crippen MR) is 154 cm³/mol. The van der Waals surface area contributed by atoms with Crippen LogP contribution in [0.5, 0.6) is 0 Å². The van der Waals surface area contributed by atoms with Gasteiger partial charge in [0.1, 0.15) is 18.3 Å². The van der Waals surface area contributed by atoms with Crippen molar-refractivity contribution in [2.75, 3.05) is 6.61 Å². The van der Waals surface area contributed by atoms with Gasteiger partial charge in [0.25, 0.3) is 5.56 Å². The minimum Gasteiger partial charge on any atom is -0.443 e. The summed E-state index contributed by atoms with van der Waals surface area (Å²) in [6, 6.07) is 1.18. The van der Waals surface area contributed by atoms with Crippen LogP contribution in [-0.2, 0) is 34.0 Å². The molecule has 1 N–H and O–H groups in total. The van der Waals surface area contributed by atoms with Gasteiger partial charge in [0.2, 0.25) is 0 Å². The van der Waals surface area contributed by atoms with Gasteiger partial charge in [-0.3, -0.25) is 14.2 Å². The molecule has 1 unspecified atom stereocenters. The predicted octanol–water partition coefficient (Wildman–Crippen LogP) is 3.77. The van der Waals surface area contributed by atoms with Gasteiger partial charge < -0.3 is 27.5 Å². The number of fused-ring (bicyclic) bond motifs is 1. The first kappa shape index (κ1) is 32.9. The fourth-order valence-electron chi connectivity index (χ4n) is 5.55. The Balaban J connectivity index is 2.03. The molecular weight excluding hydrogens is 552 g/mol. The van der Waals surface area contributed by atoms with Crippen molar-refractivity contribution in [3.8, 4) is 0 Å². The third kappa shape index (κ3) is 5.97. The van der Waals surface area contributed by atoms with Gasteiger partial charge in [-0.15, -0.1) is 0 Å². The van der Waals surface area contributed by atoms with Gasteiger partial charge in [-0.2, -0.15) is 0 Å². The van der Waals surface area contributed by atoms with Crippen LogP contribution < -0.4 is 11.2 Å². The number of ether oxygens (including phenoxy) is 2. The first-order valence-corrected chi connectivity index (χ1v) is 18.2. The molecule has 3 heterocycles. The molecule has 11 nitrogen and oxygen atoms in total. The molecule has 0 radical (unpaired) electrons. The van der Waals surface area contributed by atoms with E-state index in [0.717, 1.165) is 9.13 Å². The quantitative estimate of drug-likeness (QED) is 0.367. The van der Waals surface area contributed by atoms with Gasteiger partial charge in [-0.05, 0) is 42.9 Å². The van der Waals surface area contributed by atoms with E-state index in [9.17, 15) is 19.5 Å². The molecule has 3 rings (SSSR count). The highest BCUT2D eigenvalue weighted by Gasteiger charge is 2.61. The molecule has 4 atom stereocenters. The maximum absolute atomic E-state index is 13.4. The van der Waals surface area contributed by atoms with Crippen LogP contribution in [0.2, 0.25) is 22.2 Å². The number of carbonyl (C=O) groups excluding carboxylic acids is 1. The Morgan fingerprint density at radius 2 is 1.57 bits per heavy atom. The fraction of sp³-hybridized carbons (Fsp3) is 0.815. The maximum Gasteiger partial charge on any atom is 0.335 e. The van der Waals surface area contributed by atoms with Gasteiger partial charge in [-0.25, -0.2) is 9.36 Å². The summed E-state index contributed by atoms with van der Waals surface area (Å²) >= 11 is 0. The first-order chi connectivity index (χ1) is 18.4. The van der Waals surface area contributed by atoms with Crippen LogP contribution in [0.4, 0.5) is 0 Å². The Morgan fingerprint density at radius 1 is 1.02 bits per heavy atom. The summed E-state index contributed by atoms with van der Waals surface area (Å²) in [5.41, 5.74) is -1.83. The lowest BCUT2D eigenvalue weighted by atomic mass is 9.98. The number of aliphatic hydroxyl groups is 1. The Labute approximate surface area is 239 Å². The summed E-state index contributed by atoms with van der Waals surface area (Å²) in [4.78, 5) is 38.2. The number of rotatable bonds is 7. The number of hydrogen-bond donors (Lipinski definition) is 1. The van der Waals surface area contributed by atoms with Crippen LogP contribution in [0.25, 0.3) is 0 Å². The number of aromatic nitrogens is 2. The zero-order valence-electron chi connectivity index (χ0n) is 25.8. The zero-order valence-corrected chi connectivity index (χ0v) is 27.8. The molecule has 0 saturated carbocycles. The van der Waals surface area contributed by atoms with Crippen LogP contribution >= 0.6 is 0 Å². The molecule has 2 aliphatic heterocycles. The number of esters is 1. The second-order valence-electron chi connectivity index (χ2n) is 13.2. The largest absolute Gasteiger partial charge is 0.443 e. The van der Waals surface area contributed by atoms with Gasteiger partial charge in [0.05, 0.1) is 12.0 Å². The monoisotopic (exact) mass is 600 g/mol. The minimum atomic E-state index is -3.02. The lowest BCUT2D eigenvalue weighted by molar-refractivity contribution is -0.157. The molecule has 1 aromatic rings. The Morgan fingerprint density at radius 3 is 2.08 bits per heavy atom. The van der Waals surface area contributed by atoms with Crippen molar-refractivity contribution in [1.82, 2.24) is 9.13 Å². The average molecular weight is 601 g/mol. The maximum atomic E-state index is 13.4. The van der Waals surface area contributed by atoms with E-state index < -0.39 is 71.0 Å². The topological polar surface area (TPSA) is 127 Å². The van der Waals surface area contributed by atoms with Gasteiger partial charge in [-0.1, -0.05) is 55.4 Å². The molecule has 2 saturated heterocycles. The van der Waals surface area contributed by atoms with Crippen molar-refractivity contribution in [1.29, 1.82) is 0 Å². The van der Waals surface area contributed by atoms with Gasteiger partial charge >= 0.3 is 28.8 Å². The molecule has 228 valence electrons.